The highest BCUT2D eigenvalue weighted by Crippen LogP contribution is 2.26. The molecule has 1 N–H and O–H groups in total. The summed E-state index contributed by atoms with van der Waals surface area (Å²) in [4.78, 5) is 43.2. The van der Waals surface area contributed by atoms with E-state index in [-0.39, 0.29) is 12.8 Å². The van der Waals surface area contributed by atoms with E-state index in [1.807, 2.05) is 0 Å². The minimum absolute atomic E-state index is 0.0357. The van der Waals surface area contributed by atoms with E-state index in [9.17, 15) is 14.4 Å². The van der Waals surface area contributed by atoms with Gasteiger partial charge in [-0.3, -0.25) is 14.6 Å². The summed E-state index contributed by atoms with van der Waals surface area (Å²) in [6, 6.07) is 0.478. The van der Waals surface area contributed by atoms with Gasteiger partial charge in [-0.25, -0.2) is 4.79 Å². The minimum Gasteiger partial charge on any atom is -0.495 e. The molecule has 1 heterocycles. The maximum atomic E-state index is 12.7. The largest absolute Gasteiger partial charge is 0.495 e. The van der Waals surface area contributed by atoms with Crippen LogP contribution in [0.3, 0.4) is 0 Å². The molecule has 1 aromatic heterocycles. The van der Waals surface area contributed by atoms with Gasteiger partial charge >= 0.3 is 12.2 Å². The second-order valence-corrected chi connectivity index (χ2v) is 6.03. The van der Waals surface area contributed by atoms with Crippen LogP contribution in [-0.4, -0.2) is 60.0 Å². The van der Waals surface area contributed by atoms with Gasteiger partial charge in [-0.2, -0.15) is 4.79 Å². The number of carbonyl (C=O) groups excluding carboxylic acids is 3. The Kier molecular flexibility index (Phi) is 9.49. The Morgan fingerprint density at radius 1 is 1.32 bits per heavy atom. The average Bonchev–Trinajstić information content (AvgIpc) is 2.65. The van der Waals surface area contributed by atoms with E-state index in [0.717, 1.165) is 6.21 Å². The van der Waals surface area contributed by atoms with Crippen molar-refractivity contribution in [2.45, 2.75) is 44.9 Å². The van der Waals surface area contributed by atoms with E-state index in [0.29, 0.717) is 11.3 Å². The minimum atomic E-state index is -1.09. The van der Waals surface area contributed by atoms with Crippen molar-refractivity contribution in [3.05, 3.63) is 29.6 Å². The van der Waals surface area contributed by atoms with Gasteiger partial charge in [0.15, 0.2) is 6.10 Å². The zero-order chi connectivity index (χ0) is 21.1. The lowest BCUT2D eigenvalue weighted by molar-refractivity contribution is -0.152. The first kappa shape index (κ1) is 22.9. The van der Waals surface area contributed by atoms with Crippen molar-refractivity contribution >= 4 is 23.9 Å². The fraction of sp³-hybridized carbons (Fsp3) is 0.500. The molecule has 0 spiro atoms. The normalized spacial score (nSPS) is 12.5. The fourth-order valence-corrected chi connectivity index (χ4v) is 2.38. The monoisotopic (exact) mass is 392 g/mol. The maximum Gasteiger partial charge on any atom is 0.328 e. The molecule has 0 aliphatic heterocycles. The molecular weight excluding hydrogens is 368 g/mol. The van der Waals surface area contributed by atoms with E-state index >= 15 is 0 Å². The summed E-state index contributed by atoms with van der Waals surface area (Å²) >= 11 is 0. The van der Waals surface area contributed by atoms with Gasteiger partial charge in [0.05, 0.1) is 19.4 Å². The van der Waals surface area contributed by atoms with Crippen LogP contribution in [-0.2, 0) is 23.9 Å². The predicted molar refractivity (Wildman–Crippen MR) is 97.6 cm³/mol. The van der Waals surface area contributed by atoms with Crippen molar-refractivity contribution in [1.29, 1.82) is 0 Å². The van der Waals surface area contributed by atoms with Crippen LogP contribution in [0.25, 0.3) is 5.53 Å². The molecule has 0 bridgehead atoms. The first-order valence-corrected chi connectivity index (χ1v) is 8.55. The second kappa shape index (κ2) is 11.6. The first-order chi connectivity index (χ1) is 13.3. The van der Waals surface area contributed by atoms with Gasteiger partial charge in [0, 0.05) is 25.3 Å². The van der Waals surface area contributed by atoms with Crippen LogP contribution >= 0.6 is 0 Å². The van der Waals surface area contributed by atoms with E-state index in [4.69, 9.17) is 19.7 Å². The number of hydrogen-bond donors (Lipinski definition) is 1. The molecule has 0 unspecified atom stereocenters. The van der Waals surface area contributed by atoms with Crippen molar-refractivity contribution in [2.24, 2.45) is 0 Å². The quantitative estimate of drug-likeness (QED) is 0.255. The highest BCUT2D eigenvalue weighted by molar-refractivity contribution is 6.25. The van der Waals surface area contributed by atoms with Crippen LogP contribution in [0.15, 0.2) is 18.5 Å². The van der Waals surface area contributed by atoms with E-state index in [2.05, 4.69) is 15.1 Å². The molecule has 0 saturated carbocycles. The Labute approximate surface area is 162 Å². The topological polar surface area (TPSA) is 140 Å². The van der Waals surface area contributed by atoms with Crippen molar-refractivity contribution in [2.75, 3.05) is 14.2 Å². The van der Waals surface area contributed by atoms with Crippen LogP contribution in [0.1, 0.15) is 38.4 Å². The summed E-state index contributed by atoms with van der Waals surface area (Å²) < 4.78 is 15.6. The second-order valence-electron chi connectivity index (χ2n) is 6.03. The Balaban J connectivity index is 3.00. The molecule has 0 aromatic carbocycles. The molecule has 10 nitrogen and oxygen atoms in total. The Morgan fingerprint density at radius 2 is 2.04 bits per heavy atom. The number of nitrogens with one attached hydrogen (secondary N) is 1. The van der Waals surface area contributed by atoms with Gasteiger partial charge in [-0.05, 0) is 26.3 Å². The summed E-state index contributed by atoms with van der Waals surface area (Å²) in [5.41, 5.74) is 8.84. The molecule has 0 radical (unpaired) electrons. The van der Waals surface area contributed by atoms with Gasteiger partial charge in [-0.1, -0.05) is 0 Å². The summed E-state index contributed by atoms with van der Waals surface area (Å²) in [6.07, 6.45) is 2.01. The van der Waals surface area contributed by atoms with E-state index in [1.165, 1.54) is 26.6 Å². The number of ketones is 1. The number of ether oxygens (including phenoxy) is 3. The number of amides is 1. The van der Waals surface area contributed by atoms with Crippen molar-refractivity contribution in [3.63, 3.8) is 0 Å². The third-order valence-electron chi connectivity index (χ3n) is 3.63. The number of methoxy groups -OCH3 is 2. The molecule has 0 saturated heterocycles. The molecule has 1 amide bonds. The Hall–Kier alpha value is -3.10. The number of Topliss-reactive ketones (excluding diaryl/α,β-unsaturated/α-hetero) is 1. The van der Waals surface area contributed by atoms with Crippen molar-refractivity contribution < 1.29 is 33.4 Å². The van der Waals surface area contributed by atoms with Crippen LogP contribution in [0.4, 0.5) is 0 Å². The standard InChI is InChI=1S/C18H24N4O6/c1-11(2)28-18(25)14(6-5-12(23)9-21-19)22-17(24)16(27-4)13-7-8-20-10-15(13)26-3/h7-11,14,16H,5-6H2,1-4H3,(H,22,24)/t14-,16+/m0/s1. The summed E-state index contributed by atoms with van der Waals surface area (Å²) in [5, 5.41) is 2.55. The van der Waals surface area contributed by atoms with Crippen LogP contribution in [0.5, 0.6) is 5.75 Å². The predicted octanol–water partition coefficient (Wildman–Crippen LogP) is 0.864. The third-order valence-corrected chi connectivity index (χ3v) is 3.63. The molecule has 10 heteroatoms. The van der Waals surface area contributed by atoms with E-state index < -0.39 is 35.9 Å². The molecule has 0 fully saturated rings. The summed E-state index contributed by atoms with van der Waals surface area (Å²) in [6.45, 7) is 3.33. The van der Waals surface area contributed by atoms with Gasteiger partial charge in [0.2, 0.25) is 5.78 Å². The summed E-state index contributed by atoms with van der Waals surface area (Å²) in [7, 11) is 2.77. The molecule has 0 aliphatic rings. The highest BCUT2D eigenvalue weighted by atomic mass is 16.5. The highest BCUT2D eigenvalue weighted by Gasteiger charge is 2.30. The molecular formula is C18H24N4O6. The lowest BCUT2D eigenvalue weighted by atomic mass is 10.1. The first-order valence-electron chi connectivity index (χ1n) is 8.55. The number of hydrogen-bond acceptors (Lipinski definition) is 7. The Morgan fingerprint density at radius 3 is 2.61 bits per heavy atom. The SMILES string of the molecule is COc1cnccc1[C@@H](OC)C(=O)N[C@@H](CCC(=O)C=[N+]=[N-])C(=O)OC(C)C. The lowest BCUT2D eigenvalue weighted by Crippen LogP contribution is -2.45. The number of carbonyl (C=O) groups is 3. The molecule has 28 heavy (non-hydrogen) atoms. The lowest BCUT2D eigenvalue weighted by Gasteiger charge is -2.22. The molecule has 1 aromatic rings. The Bertz CT molecular complexity index is 745. The van der Waals surface area contributed by atoms with Gasteiger partial charge in [0.25, 0.3) is 5.91 Å². The van der Waals surface area contributed by atoms with Gasteiger partial charge in [0.1, 0.15) is 11.8 Å². The van der Waals surface area contributed by atoms with Crippen molar-refractivity contribution in [1.82, 2.24) is 10.3 Å². The van der Waals surface area contributed by atoms with E-state index in [1.54, 1.807) is 19.9 Å². The van der Waals surface area contributed by atoms with Crippen LogP contribution < -0.4 is 10.1 Å². The molecule has 0 aliphatic carbocycles. The number of esters is 1. The zero-order valence-corrected chi connectivity index (χ0v) is 16.2. The number of nitrogens with zero attached hydrogens (tertiary/aromatic N) is 3. The third kappa shape index (κ3) is 6.90. The fourth-order valence-electron chi connectivity index (χ4n) is 2.38. The molecule has 2 atom stereocenters. The summed E-state index contributed by atoms with van der Waals surface area (Å²) in [5.74, 6) is -1.45. The average molecular weight is 392 g/mol. The molecule has 1 rings (SSSR count). The smallest absolute Gasteiger partial charge is 0.328 e. The van der Waals surface area contributed by atoms with Crippen molar-refractivity contribution in [3.8, 4) is 5.75 Å². The number of aromatic nitrogens is 1. The maximum absolute atomic E-state index is 12.7. The number of rotatable bonds is 11. The van der Waals surface area contributed by atoms with Crippen LogP contribution in [0.2, 0.25) is 0 Å². The van der Waals surface area contributed by atoms with Crippen LogP contribution in [0, 0.1) is 0 Å². The van der Waals surface area contributed by atoms with Gasteiger partial charge in [-0.15, -0.1) is 0 Å². The zero-order valence-electron chi connectivity index (χ0n) is 16.2. The number of pyridine rings is 1. The molecule has 152 valence electrons. The van der Waals surface area contributed by atoms with Gasteiger partial charge < -0.3 is 25.1 Å².